The minimum absolute atomic E-state index is 0.370. The van der Waals surface area contributed by atoms with Crippen molar-refractivity contribution in [2.45, 2.75) is 38.6 Å². The van der Waals surface area contributed by atoms with Gasteiger partial charge in [0.1, 0.15) is 0 Å². The number of aliphatic hydroxyl groups excluding tert-OH is 1. The van der Waals surface area contributed by atoms with E-state index in [-0.39, 0.29) is 12.2 Å². The fourth-order valence-corrected chi connectivity index (χ4v) is 2.05. The van der Waals surface area contributed by atoms with Crippen molar-refractivity contribution in [1.29, 1.82) is 0 Å². The molecule has 1 heterocycles. The number of hydrogen-bond acceptors (Lipinski definition) is 4. The van der Waals surface area contributed by atoms with Gasteiger partial charge in [0.25, 0.3) is 5.91 Å². The highest BCUT2D eigenvalue weighted by atomic mass is 16.8. The molecule has 2 N–H and O–H groups in total. The van der Waals surface area contributed by atoms with Gasteiger partial charge >= 0.3 is 0 Å². The minimum atomic E-state index is -0.701. The van der Waals surface area contributed by atoms with Gasteiger partial charge in [-0.2, -0.15) is 0 Å². The van der Waals surface area contributed by atoms with E-state index in [1.807, 2.05) is 0 Å². The molecular weight excluding hydrogens is 246 g/mol. The van der Waals surface area contributed by atoms with Gasteiger partial charge < -0.3 is 9.84 Å². The summed E-state index contributed by atoms with van der Waals surface area (Å²) in [6, 6.07) is 6.90. The first kappa shape index (κ1) is 14.0. The first-order valence-electron chi connectivity index (χ1n) is 6.53. The summed E-state index contributed by atoms with van der Waals surface area (Å²) in [5.41, 5.74) is 3.38. The van der Waals surface area contributed by atoms with Crippen molar-refractivity contribution in [3.63, 3.8) is 0 Å². The minimum Gasteiger partial charge on any atom is -0.389 e. The summed E-state index contributed by atoms with van der Waals surface area (Å²) in [5, 5.41) is 9.62. The Kier molecular flexibility index (Phi) is 4.90. The van der Waals surface area contributed by atoms with Crippen LogP contribution < -0.4 is 5.48 Å². The summed E-state index contributed by atoms with van der Waals surface area (Å²) in [5.74, 6) is -0.370. The SMILES string of the molecule is CC(O)c1ccccc1C(=O)NOC1CCCCO1. The van der Waals surface area contributed by atoms with Crippen LogP contribution in [0.5, 0.6) is 0 Å². The average molecular weight is 265 g/mol. The number of hydrogen-bond donors (Lipinski definition) is 2. The van der Waals surface area contributed by atoms with Crippen molar-refractivity contribution in [2.24, 2.45) is 0 Å². The number of nitrogens with one attached hydrogen (secondary N) is 1. The second-order valence-corrected chi connectivity index (χ2v) is 4.61. The van der Waals surface area contributed by atoms with Crippen molar-refractivity contribution in [2.75, 3.05) is 6.61 Å². The maximum atomic E-state index is 12.0. The van der Waals surface area contributed by atoms with Crippen LogP contribution in [0, 0.1) is 0 Å². The molecule has 0 saturated carbocycles. The van der Waals surface area contributed by atoms with Crippen LogP contribution in [0.25, 0.3) is 0 Å². The Balaban J connectivity index is 1.95. The van der Waals surface area contributed by atoms with Crippen molar-refractivity contribution < 1.29 is 19.5 Å². The van der Waals surface area contributed by atoms with Gasteiger partial charge in [-0.3, -0.25) is 4.79 Å². The lowest BCUT2D eigenvalue weighted by molar-refractivity contribution is -0.186. The smallest absolute Gasteiger partial charge is 0.275 e. The Morgan fingerprint density at radius 2 is 2.26 bits per heavy atom. The molecule has 0 bridgehead atoms. The molecule has 19 heavy (non-hydrogen) atoms. The molecule has 5 heteroatoms. The molecule has 1 aromatic rings. The molecule has 2 unspecified atom stereocenters. The molecule has 2 rings (SSSR count). The molecule has 1 aliphatic heterocycles. The standard InChI is InChI=1S/C14H19NO4/c1-10(16)11-6-2-3-7-12(11)14(17)15-19-13-8-4-5-9-18-13/h2-3,6-7,10,13,16H,4-5,8-9H2,1H3,(H,15,17). The van der Waals surface area contributed by atoms with Crippen LogP contribution in [-0.2, 0) is 9.57 Å². The van der Waals surface area contributed by atoms with Crippen LogP contribution in [0.1, 0.15) is 48.2 Å². The van der Waals surface area contributed by atoms with Gasteiger partial charge in [-0.15, -0.1) is 0 Å². The highest BCUT2D eigenvalue weighted by Gasteiger charge is 2.18. The Morgan fingerprint density at radius 1 is 1.47 bits per heavy atom. The van der Waals surface area contributed by atoms with Crippen LogP contribution in [0.4, 0.5) is 0 Å². The third kappa shape index (κ3) is 3.76. The Bertz CT molecular complexity index is 427. The molecule has 0 aliphatic carbocycles. The van der Waals surface area contributed by atoms with Crippen LogP contribution >= 0.6 is 0 Å². The summed E-state index contributed by atoms with van der Waals surface area (Å²) < 4.78 is 5.36. The van der Waals surface area contributed by atoms with Gasteiger partial charge in [0, 0.05) is 18.6 Å². The zero-order valence-electron chi connectivity index (χ0n) is 11.0. The topological polar surface area (TPSA) is 67.8 Å². The van der Waals surface area contributed by atoms with E-state index in [1.54, 1.807) is 31.2 Å². The van der Waals surface area contributed by atoms with Crippen molar-refractivity contribution in [3.05, 3.63) is 35.4 Å². The number of hydroxylamine groups is 1. The molecule has 0 aromatic heterocycles. The Hall–Kier alpha value is -1.43. The third-order valence-electron chi connectivity index (χ3n) is 3.08. The molecule has 5 nitrogen and oxygen atoms in total. The lowest BCUT2D eigenvalue weighted by Gasteiger charge is -2.22. The average Bonchev–Trinajstić information content (AvgIpc) is 2.46. The second-order valence-electron chi connectivity index (χ2n) is 4.61. The highest BCUT2D eigenvalue weighted by Crippen LogP contribution is 2.18. The first-order valence-corrected chi connectivity index (χ1v) is 6.53. The fraction of sp³-hybridized carbons (Fsp3) is 0.500. The highest BCUT2D eigenvalue weighted by molar-refractivity contribution is 5.95. The lowest BCUT2D eigenvalue weighted by atomic mass is 10.0. The fourth-order valence-electron chi connectivity index (χ4n) is 2.05. The van der Waals surface area contributed by atoms with Gasteiger partial charge in [-0.25, -0.2) is 10.3 Å². The number of carbonyl (C=O) groups is 1. The number of carbonyl (C=O) groups excluding carboxylic acids is 1. The van der Waals surface area contributed by atoms with Gasteiger partial charge in [0.15, 0.2) is 6.29 Å². The molecule has 1 aromatic carbocycles. The zero-order chi connectivity index (χ0) is 13.7. The number of rotatable bonds is 4. The maximum Gasteiger partial charge on any atom is 0.275 e. The summed E-state index contributed by atoms with van der Waals surface area (Å²) in [6.07, 6.45) is 1.76. The van der Waals surface area contributed by atoms with Crippen LogP contribution in [-0.4, -0.2) is 23.9 Å². The summed E-state index contributed by atoms with van der Waals surface area (Å²) >= 11 is 0. The molecular formula is C14H19NO4. The molecule has 0 radical (unpaired) electrons. The van der Waals surface area contributed by atoms with E-state index in [0.717, 1.165) is 19.3 Å². The van der Waals surface area contributed by atoms with Gasteiger partial charge in [-0.1, -0.05) is 18.2 Å². The molecule has 104 valence electrons. The third-order valence-corrected chi connectivity index (χ3v) is 3.08. The van der Waals surface area contributed by atoms with Gasteiger partial charge in [-0.05, 0) is 31.4 Å². The monoisotopic (exact) mass is 265 g/mol. The molecule has 0 spiro atoms. The van der Waals surface area contributed by atoms with E-state index in [4.69, 9.17) is 9.57 Å². The van der Waals surface area contributed by atoms with E-state index in [9.17, 15) is 9.90 Å². The largest absolute Gasteiger partial charge is 0.389 e. The number of ether oxygens (including phenoxy) is 1. The normalized spacial score (nSPS) is 20.8. The number of benzene rings is 1. The van der Waals surface area contributed by atoms with E-state index in [2.05, 4.69) is 5.48 Å². The van der Waals surface area contributed by atoms with E-state index in [0.29, 0.717) is 17.7 Å². The summed E-state index contributed by atoms with van der Waals surface area (Å²) in [7, 11) is 0. The van der Waals surface area contributed by atoms with E-state index >= 15 is 0 Å². The maximum absolute atomic E-state index is 12.0. The zero-order valence-corrected chi connectivity index (χ0v) is 11.0. The predicted octanol–water partition coefficient (Wildman–Crippen LogP) is 1.93. The second kappa shape index (κ2) is 6.65. The predicted molar refractivity (Wildman–Crippen MR) is 69.2 cm³/mol. The van der Waals surface area contributed by atoms with E-state index in [1.165, 1.54) is 0 Å². The van der Waals surface area contributed by atoms with Crippen molar-refractivity contribution in [3.8, 4) is 0 Å². The van der Waals surface area contributed by atoms with Crippen LogP contribution in [0.3, 0.4) is 0 Å². The van der Waals surface area contributed by atoms with Crippen molar-refractivity contribution >= 4 is 5.91 Å². The quantitative estimate of drug-likeness (QED) is 0.816. The number of aliphatic hydroxyl groups is 1. The Morgan fingerprint density at radius 3 is 2.95 bits per heavy atom. The molecule has 1 amide bonds. The summed E-state index contributed by atoms with van der Waals surface area (Å²) in [4.78, 5) is 17.2. The summed E-state index contributed by atoms with van der Waals surface area (Å²) in [6.45, 7) is 2.28. The molecule has 1 fully saturated rings. The van der Waals surface area contributed by atoms with E-state index < -0.39 is 6.10 Å². The lowest BCUT2D eigenvalue weighted by Crippen LogP contribution is -2.33. The first-order chi connectivity index (χ1) is 9.18. The van der Waals surface area contributed by atoms with Crippen molar-refractivity contribution in [1.82, 2.24) is 5.48 Å². The molecule has 1 aliphatic rings. The van der Waals surface area contributed by atoms with Crippen LogP contribution in [0.2, 0.25) is 0 Å². The molecule has 1 saturated heterocycles. The van der Waals surface area contributed by atoms with Gasteiger partial charge in [0.05, 0.1) is 6.10 Å². The van der Waals surface area contributed by atoms with Crippen LogP contribution in [0.15, 0.2) is 24.3 Å². The molecule has 2 atom stereocenters. The van der Waals surface area contributed by atoms with Gasteiger partial charge in [0.2, 0.25) is 0 Å². The Labute approximate surface area is 112 Å². The number of amides is 1.